The molecule has 0 fully saturated rings. The van der Waals surface area contributed by atoms with Crippen molar-refractivity contribution in [1.29, 1.82) is 0 Å². The molecule has 1 heterocycles. The number of aliphatic hydroxyl groups is 1. The fourth-order valence-electron chi connectivity index (χ4n) is 2.42. The first kappa shape index (κ1) is 22.5. The smallest absolute Gasteiger partial charge is 0.416 e. The quantitative estimate of drug-likeness (QED) is 0.505. The maximum atomic E-state index is 12.7. The molecule has 2 N–H and O–H groups in total. The van der Waals surface area contributed by atoms with Gasteiger partial charge in [-0.1, -0.05) is 6.07 Å². The fraction of sp³-hybridized carbons (Fsp3) is 0.500. The molecular formula is C18H25F3N6O2. The van der Waals surface area contributed by atoms with Gasteiger partial charge in [-0.2, -0.15) is 18.3 Å². The molecule has 0 bridgehead atoms. The Kier molecular flexibility index (Phi) is 7.82. The van der Waals surface area contributed by atoms with Crippen LogP contribution in [0.4, 0.5) is 13.2 Å². The van der Waals surface area contributed by atoms with Gasteiger partial charge in [0.25, 0.3) is 0 Å². The molecule has 0 radical (unpaired) electrons. The third-order valence-corrected chi connectivity index (χ3v) is 3.94. The number of halogens is 3. The van der Waals surface area contributed by atoms with E-state index in [1.54, 1.807) is 11.7 Å². The first-order chi connectivity index (χ1) is 13.7. The summed E-state index contributed by atoms with van der Waals surface area (Å²) in [7, 11) is 3.61. The van der Waals surface area contributed by atoms with Gasteiger partial charge in [0, 0.05) is 20.6 Å². The Morgan fingerprint density at radius 3 is 2.79 bits per heavy atom. The lowest BCUT2D eigenvalue weighted by Crippen LogP contribution is -2.39. The van der Waals surface area contributed by atoms with Crippen LogP contribution in [0.15, 0.2) is 35.6 Å². The number of aromatic nitrogens is 3. The lowest BCUT2D eigenvalue weighted by Gasteiger charge is -2.22. The first-order valence-corrected chi connectivity index (χ1v) is 9.01. The molecule has 0 saturated heterocycles. The molecule has 0 aliphatic carbocycles. The normalized spacial score (nSPS) is 13.3. The van der Waals surface area contributed by atoms with Gasteiger partial charge < -0.3 is 20.1 Å². The second kappa shape index (κ2) is 10.1. The minimum atomic E-state index is -4.45. The molecule has 8 nitrogen and oxygen atoms in total. The van der Waals surface area contributed by atoms with E-state index >= 15 is 0 Å². The molecule has 0 spiro atoms. The molecule has 160 valence electrons. The zero-order valence-electron chi connectivity index (χ0n) is 16.5. The van der Waals surface area contributed by atoms with Gasteiger partial charge in [0.15, 0.2) is 5.96 Å². The third-order valence-electron chi connectivity index (χ3n) is 3.94. The molecule has 1 aromatic heterocycles. The van der Waals surface area contributed by atoms with Crippen LogP contribution in [0.25, 0.3) is 0 Å². The van der Waals surface area contributed by atoms with Crippen LogP contribution in [0.5, 0.6) is 5.75 Å². The predicted molar refractivity (Wildman–Crippen MR) is 101 cm³/mol. The van der Waals surface area contributed by atoms with E-state index in [1.165, 1.54) is 18.5 Å². The number of nitrogens with zero attached hydrogens (tertiary/aromatic N) is 5. The van der Waals surface area contributed by atoms with Crippen molar-refractivity contribution in [2.24, 2.45) is 12.0 Å². The predicted octanol–water partition coefficient (Wildman–Crippen LogP) is 1.67. The van der Waals surface area contributed by atoms with E-state index in [0.717, 1.165) is 18.0 Å². The number of hydrogen-bond donors (Lipinski definition) is 2. The maximum absolute atomic E-state index is 12.7. The van der Waals surface area contributed by atoms with E-state index in [0.29, 0.717) is 19.0 Å². The largest absolute Gasteiger partial charge is 0.491 e. The minimum Gasteiger partial charge on any atom is -0.491 e. The van der Waals surface area contributed by atoms with E-state index in [1.807, 2.05) is 18.9 Å². The highest BCUT2D eigenvalue weighted by Crippen LogP contribution is 2.31. The highest BCUT2D eigenvalue weighted by molar-refractivity contribution is 5.79. The molecule has 2 aromatic rings. The van der Waals surface area contributed by atoms with E-state index < -0.39 is 17.8 Å². The summed E-state index contributed by atoms with van der Waals surface area (Å²) >= 11 is 0. The number of aliphatic imine (C=N–C) groups is 1. The van der Waals surface area contributed by atoms with E-state index in [9.17, 15) is 18.3 Å². The lowest BCUT2D eigenvalue weighted by molar-refractivity contribution is -0.137. The summed E-state index contributed by atoms with van der Waals surface area (Å²) in [5, 5.41) is 17.2. The van der Waals surface area contributed by atoms with Crippen molar-refractivity contribution in [3.8, 4) is 5.75 Å². The second-order valence-electron chi connectivity index (χ2n) is 6.34. The average molecular weight is 414 g/mol. The van der Waals surface area contributed by atoms with Crippen LogP contribution in [-0.4, -0.2) is 63.6 Å². The Balaban J connectivity index is 1.92. The zero-order chi connectivity index (χ0) is 21.4. The Morgan fingerprint density at radius 2 is 2.17 bits per heavy atom. The summed E-state index contributed by atoms with van der Waals surface area (Å²) in [6, 6.07) is 4.52. The molecule has 1 atom stereocenters. The standard InChI is InChI=1S/C18H25F3N6O2/c1-4-22-17(26(2)10-16-24-12-25-27(16)3)23-9-14(28)11-29-15-7-5-6-13(8-15)18(19,20)21/h5-8,12,14,28H,4,9-11H2,1-3H3,(H,22,23). The van der Waals surface area contributed by atoms with Gasteiger partial charge in [0.1, 0.15) is 30.6 Å². The van der Waals surface area contributed by atoms with Crippen LogP contribution in [0.1, 0.15) is 18.3 Å². The highest BCUT2D eigenvalue weighted by Gasteiger charge is 2.30. The monoisotopic (exact) mass is 414 g/mol. The van der Waals surface area contributed by atoms with Gasteiger partial charge in [-0.05, 0) is 25.1 Å². The van der Waals surface area contributed by atoms with Gasteiger partial charge in [0.05, 0.1) is 18.7 Å². The topological polar surface area (TPSA) is 87.8 Å². The van der Waals surface area contributed by atoms with Crippen molar-refractivity contribution in [3.05, 3.63) is 42.0 Å². The third kappa shape index (κ3) is 6.93. The number of benzene rings is 1. The van der Waals surface area contributed by atoms with Gasteiger partial charge in [-0.25, -0.2) is 4.98 Å². The van der Waals surface area contributed by atoms with Crippen LogP contribution >= 0.6 is 0 Å². The Bertz CT molecular complexity index is 809. The summed E-state index contributed by atoms with van der Waals surface area (Å²) < 4.78 is 45.2. The van der Waals surface area contributed by atoms with Crippen LogP contribution in [0.2, 0.25) is 0 Å². The van der Waals surface area contributed by atoms with Crippen LogP contribution in [0.3, 0.4) is 0 Å². The summed E-state index contributed by atoms with van der Waals surface area (Å²) in [6.45, 7) is 2.83. The number of hydrogen-bond acceptors (Lipinski definition) is 5. The fourth-order valence-corrected chi connectivity index (χ4v) is 2.42. The van der Waals surface area contributed by atoms with Crippen molar-refractivity contribution >= 4 is 5.96 Å². The molecule has 1 aromatic carbocycles. The number of alkyl halides is 3. The van der Waals surface area contributed by atoms with E-state index in [-0.39, 0.29) is 18.9 Å². The van der Waals surface area contributed by atoms with E-state index in [2.05, 4.69) is 20.4 Å². The molecule has 2 rings (SSSR count). The molecule has 0 saturated carbocycles. The molecule has 11 heteroatoms. The summed E-state index contributed by atoms with van der Waals surface area (Å²) in [5.41, 5.74) is -0.803. The molecular weight excluding hydrogens is 389 g/mol. The second-order valence-corrected chi connectivity index (χ2v) is 6.34. The number of aliphatic hydroxyl groups excluding tert-OH is 1. The van der Waals surface area contributed by atoms with Gasteiger partial charge in [-0.15, -0.1) is 0 Å². The van der Waals surface area contributed by atoms with Crippen molar-refractivity contribution < 1.29 is 23.0 Å². The molecule has 0 aliphatic heterocycles. The van der Waals surface area contributed by atoms with Crippen LogP contribution < -0.4 is 10.1 Å². The number of guanidine groups is 1. The SMILES string of the molecule is CCNC(=NCC(O)COc1cccc(C(F)(F)F)c1)N(C)Cc1ncnn1C. The van der Waals surface area contributed by atoms with Crippen molar-refractivity contribution in [3.63, 3.8) is 0 Å². The van der Waals surface area contributed by atoms with E-state index in [4.69, 9.17) is 4.74 Å². The number of aryl methyl sites for hydroxylation is 1. The van der Waals surface area contributed by atoms with Crippen LogP contribution in [0, 0.1) is 0 Å². The number of ether oxygens (including phenoxy) is 1. The lowest BCUT2D eigenvalue weighted by atomic mass is 10.2. The Labute approximate surface area is 167 Å². The summed E-state index contributed by atoms with van der Waals surface area (Å²) in [4.78, 5) is 10.3. The number of rotatable bonds is 8. The highest BCUT2D eigenvalue weighted by atomic mass is 19.4. The van der Waals surface area contributed by atoms with Gasteiger partial charge in [-0.3, -0.25) is 9.67 Å². The molecule has 29 heavy (non-hydrogen) atoms. The molecule has 0 amide bonds. The first-order valence-electron chi connectivity index (χ1n) is 9.01. The van der Waals surface area contributed by atoms with Gasteiger partial charge >= 0.3 is 6.18 Å². The zero-order valence-corrected chi connectivity index (χ0v) is 16.5. The van der Waals surface area contributed by atoms with Crippen LogP contribution in [-0.2, 0) is 19.8 Å². The maximum Gasteiger partial charge on any atom is 0.416 e. The Hall–Kier alpha value is -2.82. The number of nitrogens with one attached hydrogen (secondary N) is 1. The molecule has 1 unspecified atom stereocenters. The summed E-state index contributed by atoms with van der Waals surface area (Å²) in [5.74, 6) is 1.33. The summed E-state index contributed by atoms with van der Waals surface area (Å²) in [6.07, 6.45) is -3.97. The molecule has 0 aliphatic rings. The van der Waals surface area contributed by atoms with Gasteiger partial charge in [0.2, 0.25) is 0 Å². The van der Waals surface area contributed by atoms with Crippen molar-refractivity contribution in [2.75, 3.05) is 26.7 Å². The average Bonchev–Trinajstić information content (AvgIpc) is 3.07. The van der Waals surface area contributed by atoms with Crippen molar-refractivity contribution in [1.82, 2.24) is 25.0 Å². The van der Waals surface area contributed by atoms with Crippen molar-refractivity contribution in [2.45, 2.75) is 25.7 Å². The Morgan fingerprint density at radius 1 is 1.41 bits per heavy atom. The minimum absolute atomic E-state index is 0.0183.